The fourth-order valence-electron chi connectivity index (χ4n) is 2.23. The van der Waals surface area contributed by atoms with Crippen LogP contribution in [0.3, 0.4) is 0 Å². The van der Waals surface area contributed by atoms with E-state index in [4.69, 9.17) is 0 Å². The van der Waals surface area contributed by atoms with Crippen LogP contribution in [-0.4, -0.2) is 14.5 Å². The third-order valence-electron chi connectivity index (χ3n) is 3.50. The molecule has 0 atom stereocenters. The lowest BCUT2D eigenvalue weighted by Crippen LogP contribution is -2.03. The predicted octanol–water partition coefficient (Wildman–Crippen LogP) is 3.50. The fraction of sp³-hybridized carbons (Fsp3) is 0.176. The molecule has 0 amide bonds. The molecule has 4 nitrogen and oxygen atoms in total. The maximum atomic E-state index is 4.43. The first-order valence-corrected chi connectivity index (χ1v) is 6.97. The predicted molar refractivity (Wildman–Crippen MR) is 84.6 cm³/mol. The molecule has 0 aliphatic heterocycles. The summed E-state index contributed by atoms with van der Waals surface area (Å²) in [5.74, 6) is 0.866. The first-order chi connectivity index (χ1) is 10.2. The number of anilines is 1. The van der Waals surface area contributed by atoms with Gasteiger partial charge in [0.2, 0.25) is 0 Å². The van der Waals surface area contributed by atoms with Gasteiger partial charge in [-0.2, -0.15) is 0 Å². The minimum absolute atomic E-state index is 0.805. The Kier molecular flexibility index (Phi) is 3.69. The summed E-state index contributed by atoms with van der Waals surface area (Å²) in [5.41, 5.74) is 4.91. The molecule has 1 aromatic carbocycles. The molecule has 0 spiro atoms. The molecule has 2 heterocycles. The maximum absolute atomic E-state index is 4.43. The summed E-state index contributed by atoms with van der Waals surface area (Å²) in [5, 5.41) is 3.41. The van der Waals surface area contributed by atoms with E-state index < -0.39 is 0 Å². The van der Waals surface area contributed by atoms with Gasteiger partial charge in [0.15, 0.2) is 0 Å². The van der Waals surface area contributed by atoms with E-state index in [9.17, 15) is 0 Å². The van der Waals surface area contributed by atoms with Crippen molar-refractivity contribution in [1.29, 1.82) is 0 Å². The molecule has 21 heavy (non-hydrogen) atoms. The molecule has 0 radical (unpaired) electrons. The highest BCUT2D eigenvalue weighted by Gasteiger charge is 2.01. The van der Waals surface area contributed by atoms with E-state index >= 15 is 0 Å². The normalized spacial score (nSPS) is 10.6. The summed E-state index contributed by atoms with van der Waals surface area (Å²) in [7, 11) is 0. The van der Waals surface area contributed by atoms with E-state index in [1.54, 1.807) is 12.5 Å². The molecule has 3 rings (SSSR count). The van der Waals surface area contributed by atoms with E-state index in [0.29, 0.717) is 0 Å². The number of hydrogen-bond donors (Lipinski definition) is 1. The minimum Gasteiger partial charge on any atom is -0.380 e. The quantitative estimate of drug-likeness (QED) is 0.794. The van der Waals surface area contributed by atoms with Gasteiger partial charge in [-0.25, -0.2) is 9.97 Å². The monoisotopic (exact) mass is 278 g/mol. The number of aryl methyl sites for hydroxylation is 2. The lowest BCUT2D eigenvalue weighted by atomic mass is 10.1. The first-order valence-electron chi connectivity index (χ1n) is 6.97. The molecule has 0 fully saturated rings. The van der Waals surface area contributed by atoms with Gasteiger partial charge in [0.1, 0.15) is 12.1 Å². The lowest BCUT2D eigenvalue weighted by Gasteiger charge is -2.10. The van der Waals surface area contributed by atoms with Crippen molar-refractivity contribution in [3.05, 3.63) is 71.9 Å². The molecule has 3 aromatic rings. The van der Waals surface area contributed by atoms with Gasteiger partial charge in [0.25, 0.3) is 0 Å². The van der Waals surface area contributed by atoms with E-state index in [1.165, 1.54) is 16.7 Å². The molecule has 0 saturated heterocycles. The van der Waals surface area contributed by atoms with Crippen LogP contribution in [0.5, 0.6) is 0 Å². The summed E-state index contributed by atoms with van der Waals surface area (Å²) in [6.45, 7) is 5.06. The highest BCUT2D eigenvalue weighted by Crippen LogP contribution is 2.14. The van der Waals surface area contributed by atoms with Gasteiger partial charge in [0.05, 0.1) is 11.9 Å². The molecule has 0 saturated carbocycles. The molecule has 106 valence electrons. The van der Waals surface area contributed by atoms with Gasteiger partial charge in [0, 0.05) is 18.9 Å². The van der Waals surface area contributed by atoms with Crippen molar-refractivity contribution in [2.24, 2.45) is 0 Å². The Morgan fingerprint density at radius 2 is 2.05 bits per heavy atom. The molecule has 0 aliphatic carbocycles. The second-order valence-corrected chi connectivity index (χ2v) is 5.16. The molecular weight excluding hydrogens is 260 g/mol. The topological polar surface area (TPSA) is 42.7 Å². The highest BCUT2D eigenvalue weighted by molar-refractivity contribution is 5.45. The largest absolute Gasteiger partial charge is 0.380 e. The van der Waals surface area contributed by atoms with Crippen molar-refractivity contribution < 1.29 is 0 Å². The van der Waals surface area contributed by atoms with Crippen molar-refractivity contribution in [3.63, 3.8) is 0 Å². The van der Waals surface area contributed by atoms with Gasteiger partial charge >= 0.3 is 0 Å². The third kappa shape index (κ3) is 3.11. The lowest BCUT2D eigenvalue weighted by molar-refractivity contribution is 0.990. The second kappa shape index (κ2) is 5.79. The Bertz CT molecular complexity index is 715. The number of nitrogens with one attached hydrogen (secondary N) is 1. The summed E-state index contributed by atoms with van der Waals surface area (Å²) in [6.07, 6.45) is 7.21. The van der Waals surface area contributed by atoms with Crippen LogP contribution < -0.4 is 5.32 Å². The van der Waals surface area contributed by atoms with Crippen LogP contribution in [0.4, 0.5) is 5.69 Å². The zero-order valence-electron chi connectivity index (χ0n) is 12.2. The molecule has 0 bridgehead atoms. The zero-order chi connectivity index (χ0) is 14.7. The standard InChI is InChI=1S/C17H18N4/c1-13-3-4-14(2)15(9-13)10-19-16-5-6-17(20-11-16)21-8-7-18-12-21/h3-9,11-12,19H,10H2,1-2H3. The molecule has 0 unspecified atom stereocenters. The summed E-state index contributed by atoms with van der Waals surface area (Å²) in [6, 6.07) is 10.5. The van der Waals surface area contributed by atoms with E-state index in [-0.39, 0.29) is 0 Å². The fourth-order valence-corrected chi connectivity index (χ4v) is 2.23. The van der Waals surface area contributed by atoms with Gasteiger partial charge < -0.3 is 5.32 Å². The average Bonchev–Trinajstić information content (AvgIpc) is 3.03. The summed E-state index contributed by atoms with van der Waals surface area (Å²) < 4.78 is 1.88. The van der Waals surface area contributed by atoms with Crippen LogP contribution in [-0.2, 0) is 6.54 Å². The van der Waals surface area contributed by atoms with E-state index in [2.05, 4.69) is 47.3 Å². The number of benzene rings is 1. The van der Waals surface area contributed by atoms with Crippen molar-refractivity contribution in [1.82, 2.24) is 14.5 Å². The van der Waals surface area contributed by atoms with Crippen LogP contribution in [0, 0.1) is 13.8 Å². The second-order valence-electron chi connectivity index (χ2n) is 5.16. The van der Waals surface area contributed by atoms with Crippen LogP contribution in [0.2, 0.25) is 0 Å². The van der Waals surface area contributed by atoms with Crippen molar-refractivity contribution in [2.75, 3.05) is 5.32 Å². The number of nitrogens with zero attached hydrogens (tertiary/aromatic N) is 3. The molecule has 0 aliphatic rings. The number of imidazole rings is 1. The number of pyridine rings is 1. The van der Waals surface area contributed by atoms with Gasteiger partial charge in [-0.3, -0.25) is 4.57 Å². The van der Waals surface area contributed by atoms with Crippen molar-refractivity contribution in [3.8, 4) is 5.82 Å². The molecule has 1 N–H and O–H groups in total. The number of hydrogen-bond acceptors (Lipinski definition) is 3. The van der Waals surface area contributed by atoms with Gasteiger partial charge in [-0.1, -0.05) is 23.8 Å². The number of rotatable bonds is 4. The minimum atomic E-state index is 0.805. The molecule has 4 heteroatoms. The highest BCUT2D eigenvalue weighted by atomic mass is 15.1. The van der Waals surface area contributed by atoms with E-state index in [1.807, 2.05) is 29.1 Å². The van der Waals surface area contributed by atoms with E-state index in [0.717, 1.165) is 18.1 Å². The average molecular weight is 278 g/mol. The van der Waals surface area contributed by atoms with Crippen LogP contribution in [0.25, 0.3) is 5.82 Å². The Morgan fingerprint density at radius 3 is 2.76 bits per heavy atom. The molecule has 2 aromatic heterocycles. The zero-order valence-corrected chi connectivity index (χ0v) is 12.2. The van der Waals surface area contributed by atoms with Crippen LogP contribution in [0.15, 0.2) is 55.2 Å². The Labute approximate surface area is 124 Å². The number of aromatic nitrogens is 3. The third-order valence-corrected chi connectivity index (χ3v) is 3.50. The van der Waals surface area contributed by atoms with Crippen LogP contribution in [0.1, 0.15) is 16.7 Å². The summed E-state index contributed by atoms with van der Waals surface area (Å²) in [4.78, 5) is 8.46. The van der Waals surface area contributed by atoms with Crippen molar-refractivity contribution in [2.45, 2.75) is 20.4 Å². The smallest absolute Gasteiger partial charge is 0.137 e. The molecular formula is C17H18N4. The van der Waals surface area contributed by atoms with Gasteiger partial charge in [-0.15, -0.1) is 0 Å². The van der Waals surface area contributed by atoms with Crippen molar-refractivity contribution >= 4 is 5.69 Å². The SMILES string of the molecule is Cc1ccc(C)c(CNc2ccc(-n3ccnc3)nc2)c1. The Balaban J connectivity index is 1.70. The van der Waals surface area contributed by atoms with Gasteiger partial charge in [-0.05, 0) is 37.1 Å². The Hall–Kier alpha value is -2.62. The summed E-state index contributed by atoms with van der Waals surface area (Å²) >= 11 is 0. The van der Waals surface area contributed by atoms with Crippen LogP contribution >= 0.6 is 0 Å². The maximum Gasteiger partial charge on any atom is 0.137 e. The Morgan fingerprint density at radius 1 is 1.14 bits per heavy atom. The first kappa shape index (κ1) is 13.4.